The number of nitrogens with one attached hydrogen (secondary N) is 1. The summed E-state index contributed by atoms with van der Waals surface area (Å²) in [6.07, 6.45) is 0.160. The van der Waals surface area contributed by atoms with Crippen LogP contribution in [0.25, 0.3) is 0 Å². The SMILES string of the molecule is CC(NC(=O)CN1CCOC(CN(C)C)C1)c1ccccc1Cl. The number of carbonyl (C=O) groups is 1. The number of carbonyl (C=O) groups excluding carboxylic acids is 1. The number of halogens is 1. The lowest BCUT2D eigenvalue weighted by Gasteiger charge is -2.33. The molecular weight excluding hydrogens is 314 g/mol. The number of ether oxygens (including phenoxy) is 1. The highest BCUT2D eigenvalue weighted by molar-refractivity contribution is 6.31. The van der Waals surface area contributed by atoms with E-state index >= 15 is 0 Å². The molecule has 1 aliphatic rings. The van der Waals surface area contributed by atoms with E-state index in [9.17, 15) is 4.79 Å². The van der Waals surface area contributed by atoms with E-state index < -0.39 is 0 Å². The molecule has 0 aromatic heterocycles. The minimum atomic E-state index is -0.102. The van der Waals surface area contributed by atoms with Gasteiger partial charge in [-0.05, 0) is 32.6 Å². The van der Waals surface area contributed by atoms with Crippen LogP contribution in [0, 0.1) is 0 Å². The summed E-state index contributed by atoms with van der Waals surface area (Å²) in [5, 5.41) is 3.70. The molecule has 1 heterocycles. The largest absolute Gasteiger partial charge is 0.374 e. The minimum absolute atomic E-state index is 0.0166. The van der Waals surface area contributed by atoms with E-state index in [2.05, 4.69) is 15.1 Å². The van der Waals surface area contributed by atoms with Crippen molar-refractivity contribution in [2.75, 3.05) is 46.9 Å². The predicted molar refractivity (Wildman–Crippen MR) is 92.7 cm³/mol. The van der Waals surface area contributed by atoms with Gasteiger partial charge < -0.3 is 15.0 Å². The second-order valence-electron chi connectivity index (χ2n) is 6.30. The lowest BCUT2D eigenvalue weighted by molar-refractivity contribution is -0.125. The van der Waals surface area contributed by atoms with Crippen LogP contribution in [0.5, 0.6) is 0 Å². The molecule has 128 valence electrons. The molecule has 23 heavy (non-hydrogen) atoms. The van der Waals surface area contributed by atoms with Gasteiger partial charge in [0.1, 0.15) is 0 Å². The highest BCUT2D eigenvalue weighted by Crippen LogP contribution is 2.22. The smallest absolute Gasteiger partial charge is 0.234 e. The Balaban J connectivity index is 1.83. The zero-order valence-electron chi connectivity index (χ0n) is 14.1. The molecule has 2 unspecified atom stereocenters. The van der Waals surface area contributed by atoms with Crippen molar-refractivity contribution in [1.82, 2.24) is 15.1 Å². The summed E-state index contributed by atoms with van der Waals surface area (Å²) >= 11 is 6.18. The van der Waals surface area contributed by atoms with E-state index in [1.807, 2.05) is 45.3 Å². The number of morpholine rings is 1. The number of likely N-dealkylation sites (N-methyl/N-ethyl adjacent to an activating group) is 1. The third kappa shape index (κ3) is 5.77. The van der Waals surface area contributed by atoms with E-state index in [1.54, 1.807) is 0 Å². The molecule has 0 spiro atoms. The molecule has 1 N–H and O–H groups in total. The lowest BCUT2D eigenvalue weighted by Crippen LogP contribution is -2.49. The van der Waals surface area contributed by atoms with E-state index in [1.165, 1.54) is 0 Å². The standard InChI is InChI=1S/C17H26ClN3O2/c1-13(15-6-4-5-7-16(15)18)19-17(22)12-21-8-9-23-14(11-21)10-20(2)3/h4-7,13-14H,8-12H2,1-3H3,(H,19,22). The number of nitrogens with zero attached hydrogens (tertiary/aromatic N) is 2. The van der Waals surface area contributed by atoms with Crippen LogP contribution in [0.2, 0.25) is 5.02 Å². The minimum Gasteiger partial charge on any atom is -0.374 e. The molecule has 0 aliphatic carbocycles. The summed E-state index contributed by atoms with van der Waals surface area (Å²) in [4.78, 5) is 16.5. The number of rotatable bonds is 6. The van der Waals surface area contributed by atoms with Gasteiger partial charge in [0.25, 0.3) is 0 Å². The Morgan fingerprint density at radius 1 is 1.48 bits per heavy atom. The second-order valence-corrected chi connectivity index (χ2v) is 6.71. The summed E-state index contributed by atoms with van der Waals surface area (Å²) < 4.78 is 5.73. The first-order valence-corrected chi connectivity index (χ1v) is 8.36. The normalized spacial score (nSPS) is 20.5. The van der Waals surface area contributed by atoms with Gasteiger partial charge >= 0.3 is 0 Å². The molecule has 1 fully saturated rings. The fraction of sp³-hybridized carbons (Fsp3) is 0.588. The topological polar surface area (TPSA) is 44.8 Å². The van der Waals surface area contributed by atoms with Gasteiger partial charge in [0, 0.05) is 24.7 Å². The molecule has 0 radical (unpaired) electrons. The van der Waals surface area contributed by atoms with Crippen LogP contribution in [0.4, 0.5) is 0 Å². The Bertz CT molecular complexity index is 524. The maximum absolute atomic E-state index is 12.3. The third-order valence-corrected chi connectivity index (χ3v) is 4.25. The average molecular weight is 340 g/mol. The predicted octanol–water partition coefficient (Wildman–Crippen LogP) is 1.78. The summed E-state index contributed by atoms with van der Waals surface area (Å²) in [5.41, 5.74) is 0.940. The summed E-state index contributed by atoms with van der Waals surface area (Å²) in [5.74, 6) is 0.0166. The van der Waals surface area contributed by atoms with Gasteiger partial charge in [0.05, 0.1) is 25.3 Å². The Morgan fingerprint density at radius 2 is 2.22 bits per heavy atom. The Kier molecular flexibility index (Phi) is 6.84. The molecule has 1 aromatic rings. The monoisotopic (exact) mass is 339 g/mol. The molecular formula is C17H26ClN3O2. The van der Waals surface area contributed by atoms with Gasteiger partial charge in [-0.25, -0.2) is 0 Å². The molecule has 2 rings (SSSR count). The highest BCUT2D eigenvalue weighted by atomic mass is 35.5. The van der Waals surface area contributed by atoms with Crippen LogP contribution in [-0.4, -0.2) is 68.7 Å². The molecule has 0 saturated carbocycles. The van der Waals surface area contributed by atoms with Crippen molar-refractivity contribution in [3.05, 3.63) is 34.9 Å². The number of hydrogen-bond donors (Lipinski definition) is 1. The van der Waals surface area contributed by atoms with E-state index in [0.29, 0.717) is 18.2 Å². The third-order valence-electron chi connectivity index (χ3n) is 3.91. The van der Waals surface area contributed by atoms with Crippen LogP contribution in [0.1, 0.15) is 18.5 Å². The Hall–Kier alpha value is -1.14. The second kappa shape index (κ2) is 8.64. The molecule has 1 saturated heterocycles. The maximum atomic E-state index is 12.3. The van der Waals surface area contributed by atoms with Gasteiger partial charge in [-0.15, -0.1) is 0 Å². The number of amides is 1. The van der Waals surface area contributed by atoms with Crippen LogP contribution in [0.3, 0.4) is 0 Å². The Morgan fingerprint density at radius 3 is 2.91 bits per heavy atom. The van der Waals surface area contributed by atoms with Gasteiger partial charge in [-0.2, -0.15) is 0 Å². The van der Waals surface area contributed by atoms with Crippen LogP contribution in [0.15, 0.2) is 24.3 Å². The van der Waals surface area contributed by atoms with Crippen molar-refractivity contribution in [2.24, 2.45) is 0 Å². The van der Waals surface area contributed by atoms with Gasteiger partial charge in [0.15, 0.2) is 0 Å². The van der Waals surface area contributed by atoms with Crippen LogP contribution >= 0.6 is 11.6 Å². The zero-order chi connectivity index (χ0) is 16.8. The summed E-state index contributed by atoms with van der Waals surface area (Å²) in [7, 11) is 4.06. The number of benzene rings is 1. The zero-order valence-corrected chi connectivity index (χ0v) is 14.8. The first-order chi connectivity index (χ1) is 11.0. The van der Waals surface area contributed by atoms with Gasteiger partial charge in [0.2, 0.25) is 5.91 Å². The summed E-state index contributed by atoms with van der Waals surface area (Å²) in [6.45, 7) is 5.46. The molecule has 1 amide bonds. The van der Waals surface area contributed by atoms with Crippen LogP contribution < -0.4 is 5.32 Å². The maximum Gasteiger partial charge on any atom is 0.234 e. The van der Waals surface area contributed by atoms with Gasteiger partial charge in [-0.3, -0.25) is 9.69 Å². The van der Waals surface area contributed by atoms with Crippen molar-refractivity contribution >= 4 is 17.5 Å². The fourth-order valence-electron chi connectivity index (χ4n) is 2.84. The summed E-state index contributed by atoms with van der Waals surface area (Å²) in [6, 6.07) is 7.49. The highest BCUT2D eigenvalue weighted by Gasteiger charge is 2.23. The molecule has 1 aliphatic heterocycles. The molecule has 2 atom stereocenters. The van der Waals surface area contributed by atoms with E-state index in [4.69, 9.17) is 16.3 Å². The number of hydrogen-bond acceptors (Lipinski definition) is 4. The molecule has 5 nitrogen and oxygen atoms in total. The molecule has 6 heteroatoms. The first-order valence-electron chi connectivity index (χ1n) is 7.98. The fourth-order valence-corrected chi connectivity index (χ4v) is 3.14. The lowest BCUT2D eigenvalue weighted by atomic mass is 10.1. The van der Waals surface area contributed by atoms with Crippen molar-refractivity contribution < 1.29 is 9.53 Å². The van der Waals surface area contributed by atoms with E-state index in [0.717, 1.165) is 25.2 Å². The van der Waals surface area contributed by atoms with Crippen molar-refractivity contribution in [1.29, 1.82) is 0 Å². The van der Waals surface area contributed by atoms with Crippen molar-refractivity contribution in [2.45, 2.75) is 19.1 Å². The quantitative estimate of drug-likeness (QED) is 0.858. The average Bonchev–Trinajstić information content (AvgIpc) is 2.47. The molecule has 0 bridgehead atoms. The van der Waals surface area contributed by atoms with Crippen molar-refractivity contribution in [3.63, 3.8) is 0 Å². The molecule has 1 aromatic carbocycles. The Labute approximate surface area is 143 Å². The van der Waals surface area contributed by atoms with Crippen molar-refractivity contribution in [3.8, 4) is 0 Å². The van der Waals surface area contributed by atoms with Gasteiger partial charge in [-0.1, -0.05) is 29.8 Å². The first kappa shape index (κ1) is 18.2. The van der Waals surface area contributed by atoms with Crippen LogP contribution in [-0.2, 0) is 9.53 Å². The van der Waals surface area contributed by atoms with E-state index in [-0.39, 0.29) is 18.1 Å².